The summed E-state index contributed by atoms with van der Waals surface area (Å²) in [6.45, 7) is 4.60. The van der Waals surface area contributed by atoms with Crippen molar-refractivity contribution in [3.8, 4) is 11.6 Å². The third-order valence-corrected chi connectivity index (χ3v) is 3.54. The van der Waals surface area contributed by atoms with Gasteiger partial charge >= 0.3 is 0 Å². The van der Waals surface area contributed by atoms with Crippen LogP contribution < -0.4 is 0 Å². The molecule has 0 unspecified atom stereocenters. The van der Waals surface area contributed by atoms with E-state index in [1.807, 2.05) is 11.7 Å². The average molecular weight is 232 g/mol. The molecule has 0 aromatic carbocycles. The number of aryl methyl sites for hydroxylation is 1. The largest absolute Gasteiger partial charge is 0.332 e. The summed E-state index contributed by atoms with van der Waals surface area (Å²) in [5.74, 6) is 0.529. The fourth-order valence-electron chi connectivity index (χ4n) is 2.54. The molecule has 3 rings (SSSR count). The van der Waals surface area contributed by atoms with Crippen LogP contribution >= 0.6 is 0 Å². The molecule has 0 radical (unpaired) electrons. The molecule has 0 atom stereocenters. The van der Waals surface area contributed by atoms with Crippen LogP contribution in [0.4, 0.5) is 0 Å². The summed E-state index contributed by atoms with van der Waals surface area (Å²) < 4.78 is 7.07. The molecule has 5 nitrogen and oxygen atoms in total. The van der Waals surface area contributed by atoms with E-state index in [2.05, 4.69) is 29.1 Å². The fourth-order valence-corrected chi connectivity index (χ4v) is 2.54. The lowest BCUT2D eigenvalue weighted by Gasteiger charge is -2.29. The third-order valence-electron chi connectivity index (χ3n) is 3.54. The van der Waals surface area contributed by atoms with Crippen LogP contribution in [0.3, 0.4) is 0 Å². The monoisotopic (exact) mass is 232 g/mol. The van der Waals surface area contributed by atoms with Crippen molar-refractivity contribution in [2.45, 2.75) is 33.1 Å². The molecule has 2 aromatic heterocycles. The predicted molar refractivity (Wildman–Crippen MR) is 62.3 cm³/mol. The first-order chi connectivity index (χ1) is 8.07. The van der Waals surface area contributed by atoms with Gasteiger partial charge in [0.2, 0.25) is 0 Å². The maximum atomic E-state index is 5.11. The smallest absolute Gasteiger partial charge is 0.278 e. The highest BCUT2D eigenvalue weighted by Crippen LogP contribution is 2.38. The summed E-state index contributed by atoms with van der Waals surface area (Å²) in [6.07, 6.45) is 4.68. The first-order valence-electron chi connectivity index (χ1n) is 5.89. The van der Waals surface area contributed by atoms with Crippen LogP contribution in [0.1, 0.15) is 31.5 Å². The van der Waals surface area contributed by atoms with E-state index < -0.39 is 0 Å². The molecule has 5 heteroatoms. The SMILES string of the molecule is Cn1nc(-c2ncno2)c2c1CC(C)(C)CC2. The molecule has 2 aromatic rings. The van der Waals surface area contributed by atoms with Crippen molar-refractivity contribution in [3.63, 3.8) is 0 Å². The van der Waals surface area contributed by atoms with E-state index in [1.54, 1.807) is 0 Å². The summed E-state index contributed by atoms with van der Waals surface area (Å²) in [5, 5.41) is 8.17. The maximum Gasteiger partial charge on any atom is 0.278 e. The van der Waals surface area contributed by atoms with Crippen molar-refractivity contribution >= 4 is 0 Å². The van der Waals surface area contributed by atoms with E-state index in [0.29, 0.717) is 11.3 Å². The zero-order valence-electron chi connectivity index (χ0n) is 10.4. The Morgan fingerprint density at radius 3 is 2.94 bits per heavy atom. The van der Waals surface area contributed by atoms with Crippen LogP contribution in [0, 0.1) is 5.41 Å². The lowest BCUT2D eigenvalue weighted by molar-refractivity contribution is 0.306. The van der Waals surface area contributed by atoms with Crippen molar-refractivity contribution in [1.82, 2.24) is 19.9 Å². The fraction of sp³-hybridized carbons (Fsp3) is 0.583. The Hall–Kier alpha value is -1.65. The molecule has 0 fully saturated rings. The van der Waals surface area contributed by atoms with Crippen LogP contribution in [0.25, 0.3) is 11.6 Å². The second-order valence-electron chi connectivity index (χ2n) is 5.48. The van der Waals surface area contributed by atoms with Gasteiger partial charge in [0.15, 0.2) is 12.0 Å². The molecule has 2 heterocycles. The number of hydrogen-bond donors (Lipinski definition) is 0. The molecule has 17 heavy (non-hydrogen) atoms. The lowest BCUT2D eigenvalue weighted by atomic mass is 9.76. The second-order valence-corrected chi connectivity index (χ2v) is 5.48. The van der Waals surface area contributed by atoms with Gasteiger partial charge in [0, 0.05) is 18.3 Å². The molecule has 1 aliphatic rings. The molecule has 90 valence electrons. The van der Waals surface area contributed by atoms with Crippen LogP contribution in [-0.2, 0) is 19.9 Å². The van der Waals surface area contributed by atoms with Crippen molar-refractivity contribution in [2.75, 3.05) is 0 Å². The summed E-state index contributed by atoms with van der Waals surface area (Å²) in [5.41, 5.74) is 3.79. The van der Waals surface area contributed by atoms with E-state index in [0.717, 1.165) is 18.5 Å². The number of fused-ring (bicyclic) bond motifs is 1. The van der Waals surface area contributed by atoms with Crippen molar-refractivity contribution < 1.29 is 4.52 Å². The standard InChI is InChI=1S/C12H16N4O/c1-12(2)5-4-8-9(6-12)16(3)15-10(8)11-13-7-14-17-11/h7H,4-6H2,1-3H3. The zero-order chi connectivity index (χ0) is 12.0. The van der Waals surface area contributed by atoms with Crippen LogP contribution in [0.15, 0.2) is 10.9 Å². The molecule has 0 N–H and O–H groups in total. The Balaban J connectivity index is 2.11. The first kappa shape index (κ1) is 10.5. The lowest BCUT2D eigenvalue weighted by Crippen LogP contribution is -2.23. The summed E-state index contributed by atoms with van der Waals surface area (Å²) in [7, 11) is 1.99. The van der Waals surface area contributed by atoms with Gasteiger partial charge in [-0.2, -0.15) is 10.1 Å². The third kappa shape index (κ3) is 1.66. The molecule has 0 aliphatic heterocycles. The Morgan fingerprint density at radius 1 is 1.41 bits per heavy atom. The van der Waals surface area contributed by atoms with Gasteiger partial charge < -0.3 is 4.52 Å². The Bertz CT molecular complexity index is 539. The van der Waals surface area contributed by atoms with Crippen molar-refractivity contribution in [2.24, 2.45) is 12.5 Å². The molecule has 0 spiro atoms. The minimum atomic E-state index is 0.354. The van der Waals surface area contributed by atoms with Crippen LogP contribution in [0.5, 0.6) is 0 Å². The highest BCUT2D eigenvalue weighted by molar-refractivity contribution is 5.55. The van der Waals surface area contributed by atoms with Crippen LogP contribution in [0.2, 0.25) is 0 Å². The highest BCUT2D eigenvalue weighted by Gasteiger charge is 2.31. The van der Waals surface area contributed by atoms with Crippen molar-refractivity contribution in [1.29, 1.82) is 0 Å². The van der Waals surface area contributed by atoms with Gasteiger partial charge in [-0.1, -0.05) is 19.0 Å². The quantitative estimate of drug-likeness (QED) is 0.754. The van der Waals surface area contributed by atoms with E-state index in [1.165, 1.54) is 24.0 Å². The van der Waals surface area contributed by atoms with Gasteiger partial charge in [-0.3, -0.25) is 4.68 Å². The van der Waals surface area contributed by atoms with Gasteiger partial charge in [-0.25, -0.2) is 0 Å². The predicted octanol–water partition coefficient (Wildman–Crippen LogP) is 1.98. The molecule has 1 aliphatic carbocycles. The molecule has 0 amide bonds. The molecular weight excluding hydrogens is 216 g/mol. The summed E-state index contributed by atoms with van der Waals surface area (Å²) in [4.78, 5) is 4.09. The zero-order valence-corrected chi connectivity index (χ0v) is 10.4. The van der Waals surface area contributed by atoms with E-state index in [4.69, 9.17) is 4.52 Å². The molecular formula is C12H16N4O. The van der Waals surface area contributed by atoms with E-state index in [9.17, 15) is 0 Å². The number of nitrogens with zero attached hydrogens (tertiary/aromatic N) is 4. The molecule has 0 saturated heterocycles. The van der Waals surface area contributed by atoms with E-state index in [-0.39, 0.29) is 0 Å². The van der Waals surface area contributed by atoms with Gasteiger partial charge in [0.1, 0.15) is 0 Å². The topological polar surface area (TPSA) is 56.7 Å². The van der Waals surface area contributed by atoms with Gasteiger partial charge in [-0.05, 0) is 24.7 Å². The summed E-state index contributed by atoms with van der Waals surface area (Å²) >= 11 is 0. The first-order valence-corrected chi connectivity index (χ1v) is 5.89. The Kier molecular flexibility index (Phi) is 2.11. The summed E-state index contributed by atoms with van der Waals surface area (Å²) in [6, 6.07) is 0. The van der Waals surface area contributed by atoms with Gasteiger partial charge in [-0.15, -0.1) is 0 Å². The average Bonchev–Trinajstić information content (AvgIpc) is 2.86. The van der Waals surface area contributed by atoms with Crippen molar-refractivity contribution in [3.05, 3.63) is 17.6 Å². The minimum absolute atomic E-state index is 0.354. The van der Waals surface area contributed by atoms with Gasteiger partial charge in [0.05, 0.1) is 0 Å². The second kappa shape index (κ2) is 3.42. The van der Waals surface area contributed by atoms with Crippen LogP contribution in [-0.4, -0.2) is 19.9 Å². The van der Waals surface area contributed by atoms with E-state index >= 15 is 0 Å². The maximum absolute atomic E-state index is 5.11. The number of hydrogen-bond acceptors (Lipinski definition) is 4. The Morgan fingerprint density at radius 2 is 2.24 bits per heavy atom. The number of aromatic nitrogens is 4. The normalized spacial score (nSPS) is 18.1. The van der Waals surface area contributed by atoms with Gasteiger partial charge in [0.25, 0.3) is 5.89 Å². The highest BCUT2D eigenvalue weighted by atomic mass is 16.5. The number of rotatable bonds is 1. The molecule has 0 saturated carbocycles. The molecule has 0 bridgehead atoms. The minimum Gasteiger partial charge on any atom is -0.332 e. The Labute approximate surface area is 99.8 Å².